The molecule has 5 N–H and O–H groups in total. The van der Waals surface area contributed by atoms with E-state index in [4.69, 9.17) is 11.5 Å². The number of likely N-dealkylation sites (tertiary alicyclic amines) is 1. The van der Waals surface area contributed by atoms with Crippen molar-refractivity contribution in [1.29, 1.82) is 0 Å². The fourth-order valence-electron chi connectivity index (χ4n) is 3.19. The Bertz CT molecular complexity index is 775. The van der Waals surface area contributed by atoms with Gasteiger partial charge < -0.3 is 16.8 Å². The Morgan fingerprint density at radius 1 is 1.12 bits per heavy atom. The maximum absolute atomic E-state index is 11.2. The van der Waals surface area contributed by atoms with Crippen LogP contribution in [0.2, 0.25) is 0 Å². The molecule has 2 aromatic rings. The smallest absolute Gasteiger partial charge is 0.248 e. The SMILES string of the molecule is NC(=O)c1cccc(CN=C(N)NC2CCN(Cc3ccccc3)C2)c1. The molecule has 6 heteroatoms. The van der Waals surface area contributed by atoms with E-state index in [1.165, 1.54) is 5.56 Å². The third-order valence-corrected chi connectivity index (χ3v) is 4.52. The van der Waals surface area contributed by atoms with E-state index in [-0.39, 0.29) is 0 Å². The van der Waals surface area contributed by atoms with Gasteiger partial charge in [0.25, 0.3) is 0 Å². The molecule has 1 aliphatic rings. The standard InChI is InChI=1S/C20H25N5O/c21-19(26)17-8-4-7-16(11-17)12-23-20(22)24-18-9-10-25(14-18)13-15-5-2-1-3-6-15/h1-8,11,18H,9-10,12-14H2,(H2,21,26)(H3,22,23,24). The minimum Gasteiger partial charge on any atom is -0.370 e. The number of nitrogens with zero attached hydrogens (tertiary/aromatic N) is 2. The summed E-state index contributed by atoms with van der Waals surface area (Å²) in [5, 5.41) is 3.30. The van der Waals surface area contributed by atoms with E-state index < -0.39 is 5.91 Å². The molecule has 1 heterocycles. The predicted molar refractivity (Wildman–Crippen MR) is 104 cm³/mol. The van der Waals surface area contributed by atoms with Crippen molar-refractivity contribution in [3.8, 4) is 0 Å². The first-order valence-electron chi connectivity index (χ1n) is 8.81. The Morgan fingerprint density at radius 3 is 2.65 bits per heavy atom. The zero-order valence-corrected chi connectivity index (χ0v) is 14.8. The fraction of sp³-hybridized carbons (Fsp3) is 0.300. The van der Waals surface area contributed by atoms with Crippen molar-refractivity contribution in [2.45, 2.75) is 25.6 Å². The number of rotatable bonds is 6. The Labute approximate surface area is 153 Å². The van der Waals surface area contributed by atoms with E-state index in [0.29, 0.717) is 24.1 Å². The van der Waals surface area contributed by atoms with Crippen LogP contribution < -0.4 is 16.8 Å². The zero-order chi connectivity index (χ0) is 18.4. The molecule has 1 amide bonds. The highest BCUT2D eigenvalue weighted by Gasteiger charge is 2.22. The summed E-state index contributed by atoms with van der Waals surface area (Å²) in [5.41, 5.74) is 14.0. The second-order valence-corrected chi connectivity index (χ2v) is 6.62. The summed E-state index contributed by atoms with van der Waals surface area (Å²) in [7, 11) is 0. The largest absolute Gasteiger partial charge is 0.370 e. The average molecular weight is 351 g/mol. The van der Waals surface area contributed by atoms with Crippen LogP contribution in [-0.2, 0) is 13.1 Å². The molecule has 6 nitrogen and oxygen atoms in total. The van der Waals surface area contributed by atoms with Gasteiger partial charge in [0.05, 0.1) is 6.54 Å². The summed E-state index contributed by atoms with van der Waals surface area (Å²) >= 11 is 0. The molecule has 1 aliphatic heterocycles. The van der Waals surface area contributed by atoms with Gasteiger partial charge in [0.1, 0.15) is 0 Å². The Kier molecular flexibility index (Phi) is 5.86. The molecule has 0 saturated carbocycles. The predicted octanol–water partition coefficient (Wildman–Crippen LogP) is 1.46. The minimum absolute atomic E-state index is 0.305. The summed E-state index contributed by atoms with van der Waals surface area (Å²) in [6, 6.07) is 17.9. The number of carbonyl (C=O) groups is 1. The number of carbonyl (C=O) groups excluding carboxylic acids is 1. The number of benzene rings is 2. The lowest BCUT2D eigenvalue weighted by atomic mass is 10.1. The van der Waals surface area contributed by atoms with Gasteiger partial charge >= 0.3 is 0 Å². The Morgan fingerprint density at radius 2 is 1.88 bits per heavy atom. The van der Waals surface area contributed by atoms with Crippen LogP contribution in [0.15, 0.2) is 59.6 Å². The van der Waals surface area contributed by atoms with Gasteiger partial charge in [0.2, 0.25) is 5.91 Å². The maximum Gasteiger partial charge on any atom is 0.248 e. The molecule has 136 valence electrons. The normalized spacial score (nSPS) is 18.0. The fourth-order valence-corrected chi connectivity index (χ4v) is 3.19. The topological polar surface area (TPSA) is 96.7 Å². The first kappa shape index (κ1) is 17.9. The molecule has 1 saturated heterocycles. The summed E-state index contributed by atoms with van der Waals surface area (Å²) in [6.45, 7) is 3.36. The van der Waals surface area contributed by atoms with Crippen molar-refractivity contribution >= 4 is 11.9 Å². The lowest BCUT2D eigenvalue weighted by Crippen LogP contribution is -2.41. The molecule has 0 spiro atoms. The van der Waals surface area contributed by atoms with Gasteiger partial charge in [0, 0.05) is 31.2 Å². The molecule has 0 aliphatic carbocycles. The van der Waals surface area contributed by atoms with Gasteiger partial charge in [-0.05, 0) is 29.7 Å². The van der Waals surface area contributed by atoms with Crippen LogP contribution in [0.25, 0.3) is 0 Å². The van der Waals surface area contributed by atoms with Crippen molar-refractivity contribution in [2.75, 3.05) is 13.1 Å². The van der Waals surface area contributed by atoms with Crippen LogP contribution in [0.4, 0.5) is 0 Å². The van der Waals surface area contributed by atoms with Gasteiger partial charge in [-0.25, -0.2) is 4.99 Å². The first-order valence-corrected chi connectivity index (χ1v) is 8.81. The molecule has 2 aromatic carbocycles. The van der Waals surface area contributed by atoms with E-state index in [1.807, 2.05) is 12.1 Å². The number of nitrogens with two attached hydrogens (primary N) is 2. The maximum atomic E-state index is 11.2. The molecule has 1 atom stereocenters. The van der Waals surface area contributed by atoms with E-state index in [0.717, 1.165) is 31.6 Å². The number of hydrogen-bond donors (Lipinski definition) is 3. The molecule has 1 unspecified atom stereocenters. The first-order chi connectivity index (χ1) is 12.6. The van der Waals surface area contributed by atoms with E-state index >= 15 is 0 Å². The summed E-state index contributed by atoms with van der Waals surface area (Å²) in [6.07, 6.45) is 1.04. The van der Waals surface area contributed by atoms with Crippen LogP contribution in [0.5, 0.6) is 0 Å². The molecule has 0 aromatic heterocycles. The molecule has 0 radical (unpaired) electrons. The lowest BCUT2D eigenvalue weighted by molar-refractivity contribution is 0.1000. The highest BCUT2D eigenvalue weighted by atomic mass is 16.1. The number of hydrogen-bond acceptors (Lipinski definition) is 3. The van der Waals surface area contributed by atoms with Gasteiger partial charge in [-0.15, -0.1) is 0 Å². The van der Waals surface area contributed by atoms with E-state index in [2.05, 4.69) is 39.5 Å². The Balaban J connectivity index is 1.49. The van der Waals surface area contributed by atoms with Crippen molar-refractivity contribution in [2.24, 2.45) is 16.5 Å². The number of guanidine groups is 1. The quantitative estimate of drug-likeness (QED) is 0.542. The number of primary amides is 1. The molecule has 3 rings (SSSR count). The molecular weight excluding hydrogens is 326 g/mol. The summed E-state index contributed by atoms with van der Waals surface area (Å²) in [4.78, 5) is 18.0. The van der Waals surface area contributed by atoms with Crippen LogP contribution in [0.1, 0.15) is 27.9 Å². The average Bonchev–Trinajstić information content (AvgIpc) is 3.08. The second kappa shape index (κ2) is 8.49. The van der Waals surface area contributed by atoms with E-state index in [1.54, 1.807) is 18.2 Å². The third kappa shape index (κ3) is 5.07. The molecule has 1 fully saturated rings. The summed E-state index contributed by atoms with van der Waals surface area (Å²) < 4.78 is 0. The lowest BCUT2D eigenvalue weighted by Gasteiger charge is -2.17. The van der Waals surface area contributed by atoms with E-state index in [9.17, 15) is 4.79 Å². The van der Waals surface area contributed by atoms with Crippen molar-refractivity contribution in [3.63, 3.8) is 0 Å². The summed E-state index contributed by atoms with van der Waals surface area (Å²) in [5.74, 6) is -0.00701. The molecule has 0 bridgehead atoms. The van der Waals surface area contributed by atoms with Gasteiger partial charge in [-0.1, -0.05) is 42.5 Å². The van der Waals surface area contributed by atoms with Gasteiger partial charge in [-0.2, -0.15) is 0 Å². The van der Waals surface area contributed by atoms with Crippen LogP contribution >= 0.6 is 0 Å². The highest BCUT2D eigenvalue weighted by molar-refractivity contribution is 5.92. The van der Waals surface area contributed by atoms with Crippen LogP contribution in [-0.4, -0.2) is 35.9 Å². The highest BCUT2D eigenvalue weighted by Crippen LogP contribution is 2.13. The van der Waals surface area contributed by atoms with Gasteiger partial charge in [0.15, 0.2) is 5.96 Å². The number of amides is 1. The minimum atomic E-state index is -0.439. The van der Waals surface area contributed by atoms with Crippen molar-refractivity contribution in [1.82, 2.24) is 10.2 Å². The third-order valence-electron chi connectivity index (χ3n) is 4.52. The van der Waals surface area contributed by atoms with Crippen LogP contribution in [0.3, 0.4) is 0 Å². The number of nitrogens with one attached hydrogen (secondary N) is 1. The zero-order valence-electron chi connectivity index (χ0n) is 14.8. The molecular formula is C20H25N5O. The van der Waals surface area contributed by atoms with Crippen LogP contribution in [0, 0.1) is 0 Å². The molecule has 26 heavy (non-hydrogen) atoms. The second-order valence-electron chi connectivity index (χ2n) is 6.62. The van der Waals surface area contributed by atoms with Crippen molar-refractivity contribution in [3.05, 3.63) is 71.3 Å². The monoisotopic (exact) mass is 351 g/mol. The number of aliphatic imine (C=N–C) groups is 1. The van der Waals surface area contributed by atoms with Crippen molar-refractivity contribution < 1.29 is 4.79 Å². The Hall–Kier alpha value is -2.86. The van der Waals surface area contributed by atoms with Gasteiger partial charge in [-0.3, -0.25) is 9.69 Å².